The Kier molecular flexibility index (Phi) is 10.8. The maximum atomic E-state index is 13.0. The van der Waals surface area contributed by atoms with Gasteiger partial charge < -0.3 is 19.1 Å². The molecule has 1 unspecified atom stereocenters. The van der Waals surface area contributed by atoms with Crippen LogP contribution in [0.5, 0.6) is 0 Å². The summed E-state index contributed by atoms with van der Waals surface area (Å²) < 4.78 is 16.6. The molecule has 2 aliphatic rings. The van der Waals surface area contributed by atoms with Gasteiger partial charge in [0.2, 0.25) is 5.91 Å². The number of amides is 1. The SMILES string of the molecule is COC(CN(C(=O)CCOCCc1cccc(C2CN(C(C)C)N=N2)c1)C1CCCCC1)OC. The molecule has 3 rings (SSSR count). The first-order chi connectivity index (χ1) is 16.5. The first kappa shape index (κ1) is 26.6. The van der Waals surface area contributed by atoms with Gasteiger partial charge >= 0.3 is 0 Å². The Balaban J connectivity index is 1.43. The number of carbonyl (C=O) groups is 1. The van der Waals surface area contributed by atoms with Gasteiger partial charge in [-0.15, -0.1) is 0 Å². The molecule has 1 aromatic carbocycles. The summed E-state index contributed by atoms with van der Waals surface area (Å²) in [5, 5.41) is 10.7. The van der Waals surface area contributed by atoms with Crippen molar-refractivity contribution in [3.63, 3.8) is 0 Å². The van der Waals surface area contributed by atoms with Crippen LogP contribution >= 0.6 is 0 Å². The van der Waals surface area contributed by atoms with E-state index in [4.69, 9.17) is 14.2 Å². The maximum Gasteiger partial charge on any atom is 0.225 e. The van der Waals surface area contributed by atoms with Crippen molar-refractivity contribution in [1.82, 2.24) is 9.91 Å². The smallest absolute Gasteiger partial charge is 0.225 e. The highest BCUT2D eigenvalue weighted by Crippen LogP contribution is 2.27. The summed E-state index contributed by atoms with van der Waals surface area (Å²) in [7, 11) is 3.23. The molecule has 8 nitrogen and oxygen atoms in total. The fourth-order valence-corrected chi connectivity index (χ4v) is 4.67. The van der Waals surface area contributed by atoms with Crippen LogP contribution in [0.2, 0.25) is 0 Å². The van der Waals surface area contributed by atoms with E-state index in [2.05, 4.69) is 48.5 Å². The second-order valence-electron chi connectivity index (χ2n) is 9.53. The van der Waals surface area contributed by atoms with Crippen LogP contribution in [0.3, 0.4) is 0 Å². The standard InChI is InChI=1S/C26H42N4O4/c1-20(2)30-18-24(27-28-30)22-10-8-9-21(17-22)13-15-34-16-14-25(31)29(19-26(32-3)33-4)23-11-6-5-7-12-23/h8-10,17,20,23-24,26H,5-7,11-16,18-19H2,1-4H3. The van der Waals surface area contributed by atoms with Gasteiger partial charge in [0, 0.05) is 26.3 Å². The van der Waals surface area contributed by atoms with Gasteiger partial charge in [0.1, 0.15) is 6.04 Å². The summed E-state index contributed by atoms with van der Waals surface area (Å²) in [5.74, 6) is 0.120. The van der Waals surface area contributed by atoms with E-state index in [9.17, 15) is 4.79 Å². The number of hydrogen-bond acceptors (Lipinski definition) is 7. The van der Waals surface area contributed by atoms with Crippen molar-refractivity contribution < 1.29 is 19.0 Å². The zero-order valence-corrected chi connectivity index (χ0v) is 21.3. The molecule has 1 saturated carbocycles. The Morgan fingerprint density at radius 2 is 1.91 bits per heavy atom. The third-order valence-electron chi connectivity index (χ3n) is 6.80. The Morgan fingerprint density at radius 1 is 1.15 bits per heavy atom. The molecule has 1 aliphatic heterocycles. The summed E-state index contributed by atoms with van der Waals surface area (Å²) >= 11 is 0. The molecule has 0 N–H and O–H groups in total. The highest BCUT2D eigenvalue weighted by Gasteiger charge is 2.27. The van der Waals surface area contributed by atoms with Crippen molar-refractivity contribution in [2.75, 3.05) is 40.5 Å². The minimum atomic E-state index is -0.397. The average molecular weight is 475 g/mol. The third-order valence-corrected chi connectivity index (χ3v) is 6.80. The molecule has 190 valence electrons. The first-order valence-electron chi connectivity index (χ1n) is 12.7. The van der Waals surface area contributed by atoms with Crippen LogP contribution in [0, 0.1) is 0 Å². The fraction of sp³-hybridized carbons (Fsp3) is 0.731. The molecule has 1 aliphatic carbocycles. The van der Waals surface area contributed by atoms with E-state index < -0.39 is 6.29 Å². The minimum absolute atomic E-state index is 0.0923. The average Bonchev–Trinajstić information content (AvgIpc) is 3.36. The number of rotatable bonds is 13. The minimum Gasteiger partial charge on any atom is -0.381 e. The largest absolute Gasteiger partial charge is 0.381 e. The second kappa shape index (κ2) is 13.8. The number of methoxy groups -OCH3 is 2. The van der Waals surface area contributed by atoms with Crippen molar-refractivity contribution in [2.24, 2.45) is 10.3 Å². The lowest BCUT2D eigenvalue weighted by atomic mass is 9.94. The molecule has 34 heavy (non-hydrogen) atoms. The molecule has 0 radical (unpaired) electrons. The monoisotopic (exact) mass is 474 g/mol. The molecule has 1 amide bonds. The molecule has 0 bridgehead atoms. The van der Waals surface area contributed by atoms with E-state index in [0.717, 1.165) is 25.8 Å². The fourth-order valence-electron chi connectivity index (χ4n) is 4.67. The lowest BCUT2D eigenvalue weighted by molar-refractivity contribution is -0.151. The summed E-state index contributed by atoms with van der Waals surface area (Å²) in [6, 6.07) is 9.23. The van der Waals surface area contributed by atoms with Gasteiger partial charge in [-0.25, -0.2) is 0 Å². The number of nitrogens with zero attached hydrogens (tertiary/aromatic N) is 4. The molecule has 1 heterocycles. The van der Waals surface area contributed by atoms with Crippen molar-refractivity contribution in [3.8, 4) is 0 Å². The third kappa shape index (κ3) is 7.75. The lowest BCUT2D eigenvalue weighted by Crippen LogP contribution is -2.46. The van der Waals surface area contributed by atoms with Crippen molar-refractivity contribution in [3.05, 3.63) is 35.4 Å². The summed E-state index contributed by atoms with van der Waals surface area (Å²) in [4.78, 5) is 15.0. The summed E-state index contributed by atoms with van der Waals surface area (Å²) in [6.45, 7) is 6.56. The van der Waals surface area contributed by atoms with Crippen molar-refractivity contribution in [2.45, 2.75) is 83.2 Å². The van der Waals surface area contributed by atoms with Crippen LogP contribution in [-0.4, -0.2) is 74.7 Å². The van der Waals surface area contributed by atoms with Gasteiger partial charge in [-0.05, 0) is 44.2 Å². The second-order valence-corrected chi connectivity index (χ2v) is 9.53. The van der Waals surface area contributed by atoms with Crippen LogP contribution in [0.25, 0.3) is 0 Å². The first-order valence-corrected chi connectivity index (χ1v) is 12.7. The number of hydrogen-bond donors (Lipinski definition) is 0. The van der Waals surface area contributed by atoms with Crippen LogP contribution in [0.4, 0.5) is 0 Å². The van der Waals surface area contributed by atoms with Gasteiger partial charge in [0.25, 0.3) is 0 Å². The van der Waals surface area contributed by atoms with E-state index >= 15 is 0 Å². The maximum absolute atomic E-state index is 13.0. The Morgan fingerprint density at radius 3 is 2.59 bits per heavy atom. The lowest BCUT2D eigenvalue weighted by Gasteiger charge is -2.36. The number of carbonyl (C=O) groups excluding carboxylic acids is 1. The van der Waals surface area contributed by atoms with Crippen molar-refractivity contribution >= 4 is 5.91 Å². The van der Waals surface area contributed by atoms with Crippen LogP contribution in [0.15, 0.2) is 34.6 Å². The zero-order valence-electron chi connectivity index (χ0n) is 21.3. The Labute approximate surface area is 204 Å². The number of ether oxygens (including phenoxy) is 3. The molecular weight excluding hydrogens is 432 g/mol. The van der Waals surface area contributed by atoms with Gasteiger partial charge in [0.05, 0.1) is 32.7 Å². The topological polar surface area (TPSA) is 76.0 Å². The highest BCUT2D eigenvalue weighted by molar-refractivity contribution is 5.76. The van der Waals surface area contributed by atoms with E-state index in [1.165, 1.54) is 30.4 Å². The van der Waals surface area contributed by atoms with Gasteiger partial charge in [-0.2, -0.15) is 5.11 Å². The highest BCUT2D eigenvalue weighted by atomic mass is 16.7. The van der Waals surface area contributed by atoms with Gasteiger partial charge in [-0.3, -0.25) is 9.80 Å². The van der Waals surface area contributed by atoms with E-state index in [0.29, 0.717) is 32.2 Å². The molecule has 1 atom stereocenters. The molecule has 0 spiro atoms. The van der Waals surface area contributed by atoms with Crippen LogP contribution < -0.4 is 0 Å². The van der Waals surface area contributed by atoms with Gasteiger partial charge in [0.15, 0.2) is 6.29 Å². The quantitative estimate of drug-likeness (QED) is 0.310. The van der Waals surface area contributed by atoms with Gasteiger partial charge in [-0.1, -0.05) is 48.8 Å². The zero-order chi connectivity index (χ0) is 24.3. The van der Waals surface area contributed by atoms with E-state index in [-0.39, 0.29) is 18.0 Å². The van der Waals surface area contributed by atoms with Crippen molar-refractivity contribution in [1.29, 1.82) is 0 Å². The predicted octanol–water partition coefficient (Wildman–Crippen LogP) is 4.55. The Bertz CT molecular complexity index is 778. The van der Waals surface area contributed by atoms with E-state index in [1.807, 2.05) is 9.91 Å². The molecule has 1 aromatic rings. The van der Waals surface area contributed by atoms with Crippen LogP contribution in [-0.2, 0) is 25.4 Å². The predicted molar refractivity (Wildman–Crippen MR) is 131 cm³/mol. The summed E-state index contributed by atoms with van der Waals surface area (Å²) in [6.07, 6.45) is 6.49. The molecule has 1 fully saturated rings. The Hall–Kier alpha value is -2.03. The summed E-state index contributed by atoms with van der Waals surface area (Å²) in [5.41, 5.74) is 2.41. The van der Waals surface area contributed by atoms with E-state index in [1.54, 1.807) is 14.2 Å². The molecular formula is C26H42N4O4. The number of benzene rings is 1. The molecule has 0 aromatic heterocycles. The van der Waals surface area contributed by atoms with Crippen LogP contribution in [0.1, 0.15) is 69.5 Å². The molecule has 0 saturated heterocycles. The molecule has 8 heteroatoms. The normalized spacial score (nSPS) is 18.9.